The SMILES string of the molecule is C=C(C)c1ccc(CN2CCCC2)c(Br)c1. The van der Waals surface area contributed by atoms with Gasteiger partial charge in [0.05, 0.1) is 0 Å². The molecule has 86 valence electrons. The summed E-state index contributed by atoms with van der Waals surface area (Å²) in [5.41, 5.74) is 3.72. The van der Waals surface area contributed by atoms with Crippen LogP contribution in [0.2, 0.25) is 0 Å². The van der Waals surface area contributed by atoms with Crippen molar-refractivity contribution in [1.82, 2.24) is 4.90 Å². The highest BCUT2D eigenvalue weighted by Gasteiger charge is 2.13. The maximum absolute atomic E-state index is 3.97. The third-order valence-electron chi connectivity index (χ3n) is 3.14. The molecule has 2 rings (SSSR count). The Morgan fingerprint density at radius 1 is 1.38 bits per heavy atom. The maximum Gasteiger partial charge on any atom is 0.0244 e. The van der Waals surface area contributed by atoms with E-state index in [1.54, 1.807) is 0 Å². The molecule has 0 spiro atoms. The van der Waals surface area contributed by atoms with E-state index in [0.717, 1.165) is 12.1 Å². The predicted octanol–water partition coefficient (Wildman–Crippen LogP) is 4.08. The van der Waals surface area contributed by atoms with Gasteiger partial charge in [0.2, 0.25) is 0 Å². The number of likely N-dealkylation sites (tertiary alicyclic amines) is 1. The van der Waals surface area contributed by atoms with E-state index in [4.69, 9.17) is 0 Å². The van der Waals surface area contributed by atoms with Gasteiger partial charge in [0.1, 0.15) is 0 Å². The first-order chi connectivity index (χ1) is 7.66. The lowest BCUT2D eigenvalue weighted by Gasteiger charge is -2.16. The number of nitrogens with zero attached hydrogens (tertiary/aromatic N) is 1. The lowest BCUT2D eigenvalue weighted by Crippen LogP contribution is -2.18. The Morgan fingerprint density at radius 3 is 2.62 bits per heavy atom. The molecule has 1 aromatic carbocycles. The van der Waals surface area contributed by atoms with Gasteiger partial charge < -0.3 is 0 Å². The number of hydrogen-bond acceptors (Lipinski definition) is 1. The number of rotatable bonds is 3. The first-order valence-electron chi connectivity index (χ1n) is 5.83. The summed E-state index contributed by atoms with van der Waals surface area (Å²) in [6.07, 6.45) is 2.70. The minimum Gasteiger partial charge on any atom is -0.299 e. The highest BCUT2D eigenvalue weighted by molar-refractivity contribution is 9.10. The molecule has 2 heteroatoms. The molecule has 1 fully saturated rings. The third-order valence-corrected chi connectivity index (χ3v) is 3.88. The average Bonchev–Trinajstić information content (AvgIpc) is 2.73. The molecule has 0 radical (unpaired) electrons. The van der Waals surface area contributed by atoms with Crippen LogP contribution in [0, 0.1) is 0 Å². The Labute approximate surface area is 106 Å². The Kier molecular flexibility index (Phi) is 3.82. The second-order valence-corrected chi connectivity index (χ2v) is 5.42. The smallest absolute Gasteiger partial charge is 0.0244 e. The fourth-order valence-corrected chi connectivity index (χ4v) is 2.63. The van der Waals surface area contributed by atoms with E-state index < -0.39 is 0 Å². The average molecular weight is 280 g/mol. The van der Waals surface area contributed by atoms with Gasteiger partial charge in [0.15, 0.2) is 0 Å². The molecule has 0 atom stereocenters. The van der Waals surface area contributed by atoms with Crippen LogP contribution in [-0.2, 0) is 6.54 Å². The zero-order chi connectivity index (χ0) is 11.5. The van der Waals surface area contributed by atoms with Crippen molar-refractivity contribution < 1.29 is 0 Å². The molecule has 1 aliphatic rings. The first kappa shape index (κ1) is 11.9. The van der Waals surface area contributed by atoms with Gasteiger partial charge in [-0.3, -0.25) is 4.90 Å². The zero-order valence-electron chi connectivity index (χ0n) is 9.80. The Hall–Kier alpha value is -0.600. The lowest BCUT2D eigenvalue weighted by atomic mass is 10.1. The summed E-state index contributed by atoms with van der Waals surface area (Å²) < 4.78 is 1.21. The van der Waals surface area contributed by atoms with Crippen LogP contribution >= 0.6 is 15.9 Å². The number of halogens is 1. The van der Waals surface area contributed by atoms with E-state index in [-0.39, 0.29) is 0 Å². The van der Waals surface area contributed by atoms with E-state index in [1.807, 2.05) is 6.92 Å². The van der Waals surface area contributed by atoms with Gasteiger partial charge >= 0.3 is 0 Å². The number of allylic oxidation sites excluding steroid dienone is 1. The van der Waals surface area contributed by atoms with Crippen molar-refractivity contribution >= 4 is 21.5 Å². The van der Waals surface area contributed by atoms with Crippen molar-refractivity contribution in [2.75, 3.05) is 13.1 Å². The summed E-state index contributed by atoms with van der Waals surface area (Å²) in [6, 6.07) is 6.55. The van der Waals surface area contributed by atoms with Crippen molar-refractivity contribution in [1.29, 1.82) is 0 Å². The standard InChI is InChI=1S/C14H18BrN/c1-11(2)12-5-6-13(14(15)9-12)10-16-7-3-4-8-16/h5-6,9H,1,3-4,7-8,10H2,2H3. The highest BCUT2D eigenvalue weighted by atomic mass is 79.9. The molecule has 1 heterocycles. The van der Waals surface area contributed by atoms with Crippen molar-refractivity contribution in [3.05, 3.63) is 40.4 Å². The Balaban J connectivity index is 2.12. The van der Waals surface area contributed by atoms with Crippen LogP contribution in [0.3, 0.4) is 0 Å². The van der Waals surface area contributed by atoms with E-state index >= 15 is 0 Å². The van der Waals surface area contributed by atoms with Gasteiger partial charge in [0, 0.05) is 11.0 Å². The van der Waals surface area contributed by atoms with Crippen LogP contribution in [-0.4, -0.2) is 18.0 Å². The fraction of sp³-hybridized carbons (Fsp3) is 0.429. The molecule has 0 unspecified atom stereocenters. The Morgan fingerprint density at radius 2 is 2.06 bits per heavy atom. The second kappa shape index (κ2) is 5.15. The molecule has 0 aliphatic carbocycles. The fourth-order valence-electron chi connectivity index (χ4n) is 2.12. The first-order valence-corrected chi connectivity index (χ1v) is 6.63. The summed E-state index contributed by atoms with van der Waals surface area (Å²) in [6.45, 7) is 9.57. The van der Waals surface area contributed by atoms with Gasteiger partial charge in [-0.05, 0) is 50.0 Å². The number of benzene rings is 1. The van der Waals surface area contributed by atoms with Crippen LogP contribution in [0.25, 0.3) is 5.57 Å². The van der Waals surface area contributed by atoms with Crippen LogP contribution < -0.4 is 0 Å². The van der Waals surface area contributed by atoms with E-state index in [2.05, 4.69) is 45.6 Å². The van der Waals surface area contributed by atoms with E-state index in [1.165, 1.54) is 41.5 Å². The van der Waals surface area contributed by atoms with Gasteiger partial charge in [-0.1, -0.05) is 40.2 Å². The van der Waals surface area contributed by atoms with Crippen molar-refractivity contribution in [3.63, 3.8) is 0 Å². The minimum atomic E-state index is 1.07. The molecule has 1 nitrogen and oxygen atoms in total. The van der Waals surface area contributed by atoms with E-state index in [9.17, 15) is 0 Å². The van der Waals surface area contributed by atoms with Crippen LogP contribution in [0.5, 0.6) is 0 Å². The van der Waals surface area contributed by atoms with Crippen molar-refractivity contribution in [2.45, 2.75) is 26.3 Å². The maximum atomic E-state index is 3.97. The quantitative estimate of drug-likeness (QED) is 0.806. The second-order valence-electron chi connectivity index (χ2n) is 4.57. The molecule has 0 bridgehead atoms. The normalized spacial score (nSPS) is 16.6. The largest absolute Gasteiger partial charge is 0.299 e. The summed E-state index contributed by atoms with van der Waals surface area (Å²) in [5.74, 6) is 0. The summed E-state index contributed by atoms with van der Waals surface area (Å²) in [4.78, 5) is 2.51. The van der Waals surface area contributed by atoms with Crippen molar-refractivity contribution in [3.8, 4) is 0 Å². The summed E-state index contributed by atoms with van der Waals surface area (Å²) in [7, 11) is 0. The van der Waals surface area contributed by atoms with Gasteiger partial charge in [-0.25, -0.2) is 0 Å². The molecule has 0 aromatic heterocycles. The molecular weight excluding hydrogens is 262 g/mol. The lowest BCUT2D eigenvalue weighted by molar-refractivity contribution is 0.331. The van der Waals surface area contributed by atoms with Gasteiger partial charge in [-0.2, -0.15) is 0 Å². The predicted molar refractivity (Wildman–Crippen MR) is 73.4 cm³/mol. The van der Waals surface area contributed by atoms with Gasteiger partial charge in [0.25, 0.3) is 0 Å². The summed E-state index contributed by atoms with van der Waals surface area (Å²) >= 11 is 3.65. The third kappa shape index (κ3) is 2.74. The minimum absolute atomic E-state index is 1.07. The van der Waals surface area contributed by atoms with Crippen LogP contribution in [0.4, 0.5) is 0 Å². The van der Waals surface area contributed by atoms with Crippen LogP contribution in [0.15, 0.2) is 29.3 Å². The molecule has 0 amide bonds. The molecule has 0 N–H and O–H groups in total. The molecule has 1 aromatic rings. The molecule has 16 heavy (non-hydrogen) atoms. The van der Waals surface area contributed by atoms with Crippen molar-refractivity contribution in [2.24, 2.45) is 0 Å². The van der Waals surface area contributed by atoms with E-state index in [0.29, 0.717) is 0 Å². The molecule has 0 saturated carbocycles. The van der Waals surface area contributed by atoms with Crippen LogP contribution in [0.1, 0.15) is 30.9 Å². The summed E-state index contributed by atoms with van der Waals surface area (Å²) in [5, 5.41) is 0. The molecular formula is C14H18BrN. The highest BCUT2D eigenvalue weighted by Crippen LogP contribution is 2.24. The molecule has 1 aliphatic heterocycles. The number of hydrogen-bond donors (Lipinski definition) is 0. The zero-order valence-corrected chi connectivity index (χ0v) is 11.4. The molecule has 1 saturated heterocycles. The monoisotopic (exact) mass is 279 g/mol. The topological polar surface area (TPSA) is 3.24 Å². The van der Waals surface area contributed by atoms with Gasteiger partial charge in [-0.15, -0.1) is 0 Å². The Bertz CT molecular complexity index is 392.